The molecule has 0 atom stereocenters. The van der Waals surface area contributed by atoms with Crippen LogP contribution in [0.4, 0.5) is 10.2 Å². The number of hydrogen-bond donors (Lipinski definition) is 1. The van der Waals surface area contributed by atoms with Crippen LogP contribution in [0.1, 0.15) is 11.4 Å². The van der Waals surface area contributed by atoms with Crippen molar-refractivity contribution in [2.75, 3.05) is 5.32 Å². The van der Waals surface area contributed by atoms with Crippen LogP contribution in [0.15, 0.2) is 30.5 Å². The average Bonchev–Trinajstić information content (AvgIpc) is 3.04. The zero-order valence-electron chi connectivity index (χ0n) is 13.6. The van der Waals surface area contributed by atoms with Gasteiger partial charge in [0, 0.05) is 18.3 Å². The lowest BCUT2D eigenvalue weighted by Crippen LogP contribution is -2.20. The fraction of sp³-hybridized carbons (Fsp3) is 0.250. The van der Waals surface area contributed by atoms with E-state index in [1.807, 2.05) is 13.8 Å². The molecule has 0 saturated carbocycles. The summed E-state index contributed by atoms with van der Waals surface area (Å²) in [6, 6.07) is 6.23. The van der Waals surface area contributed by atoms with Gasteiger partial charge in [-0.1, -0.05) is 17.3 Å². The second-order valence-corrected chi connectivity index (χ2v) is 5.54. The first-order chi connectivity index (χ1) is 11.4. The topological polar surface area (TPSA) is 77.6 Å². The van der Waals surface area contributed by atoms with Crippen LogP contribution in [-0.4, -0.2) is 30.7 Å². The third-order valence-corrected chi connectivity index (χ3v) is 3.68. The van der Waals surface area contributed by atoms with Gasteiger partial charge in [0.05, 0.1) is 11.9 Å². The van der Waals surface area contributed by atoms with Gasteiger partial charge in [-0.25, -0.2) is 4.39 Å². The third-order valence-electron chi connectivity index (χ3n) is 3.68. The highest BCUT2D eigenvalue weighted by Crippen LogP contribution is 2.27. The summed E-state index contributed by atoms with van der Waals surface area (Å²) in [7, 11) is 1.72. The molecule has 3 rings (SSSR count). The van der Waals surface area contributed by atoms with Gasteiger partial charge in [0.2, 0.25) is 5.91 Å². The second-order valence-electron chi connectivity index (χ2n) is 5.54. The molecule has 1 N–H and O–H groups in total. The summed E-state index contributed by atoms with van der Waals surface area (Å²) in [6.07, 6.45) is 1.61. The lowest BCUT2D eigenvalue weighted by atomic mass is 10.0. The molecule has 2 aromatic heterocycles. The van der Waals surface area contributed by atoms with Crippen LogP contribution in [0.25, 0.3) is 11.1 Å². The lowest BCUT2D eigenvalue weighted by molar-refractivity contribution is -0.117. The first-order valence-electron chi connectivity index (χ1n) is 7.40. The first kappa shape index (κ1) is 15.9. The van der Waals surface area contributed by atoms with Crippen LogP contribution < -0.4 is 5.32 Å². The highest BCUT2D eigenvalue weighted by Gasteiger charge is 2.16. The minimum Gasteiger partial charge on any atom is -0.306 e. The van der Waals surface area contributed by atoms with Crippen molar-refractivity contribution in [3.8, 4) is 11.1 Å². The number of hydrogen-bond acceptors (Lipinski definition) is 4. The number of aromatic nitrogens is 5. The Balaban J connectivity index is 1.81. The van der Waals surface area contributed by atoms with E-state index in [1.165, 1.54) is 16.8 Å². The molecule has 7 nitrogen and oxygen atoms in total. The summed E-state index contributed by atoms with van der Waals surface area (Å²) in [5.74, 6) is -0.139. The molecule has 1 amide bonds. The summed E-state index contributed by atoms with van der Waals surface area (Å²) >= 11 is 0. The van der Waals surface area contributed by atoms with Gasteiger partial charge in [-0.05, 0) is 31.5 Å². The van der Waals surface area contributed by atoms with Gasteiger partial charge >= 0.3 is 0 Å². The Morgan fingerprint density at radius 3 is 2.58 bits per heavy atom. The van der Waals surface area contributed by atoms with Gasteiger partial charge in [-0.2, -0.15) is 5.10 Å². The summed E-state index contributed by atoms with van der Waals surface area (Å²) in [5.41, 5.74) is 3.40. The van der Waals surface area contributed by atoms with Crippen LogP contribution in [0.2, 0.25) is 0 Å². The van der Waals surface area contributed by atoms with E-state index in [1.54, 1.807) is 30.1 Å². The second kappa shape index (κ2) is 6.23. The molecule has 0 radical (unpaired) electrons. The molecule has 1 aromatic carbocycles. The average molecular weight is 328 g/mol. The van der Waals surface area contributed by atoms with E-state index in [9.17, 15) is 9.18 Å². The molecule has 24 heavy (non-hydrogen) atoms. The number of benzene rings is 1. The molecule has 3 aromatic rings. The van der Waals surface area contributed by atoms with E-state index in [2.05, 4.69) is 20.7 Å². The predicted molar refractivity (Wildman–Crippen MR) is 86.7 cm³/mol. The molecule has 0 saturated heterocycles. The highest BCUT2D eigenvalue weighted by atomic mass is 19.1. The molecule has 2 heterocycles. The fourth-order valence-electron chi connectivity index (χ4n) is 2.61. The maximum absolute atomic E-state index is 13.1. The van der Waals surface area contributed by atoms with E-state index in [-0.39, 0.29) is 18.3 Å². The first-order valence-corrected chi connectivity index (χ1v) is 7.40. The number of carbonyl (C=O) groups is 1. The smallest absolute Gasteiger partial charge is 0.247 e. The maximum Gasteiger partial charge on any atom is 0.247 e. The number of anilines is 1. The van der Waals surface area contributed by atoms with E-state index in [0.29, 0.717) is 5.82 Å². The Morgan fingerprint density at radius 2 is 1.96 bits per heavy atom. The molecule has 0 unspecified atom stereocenters. The van der Waals surface area contributed by atoms with Gasteiger partial charge in [-0.15, -0.1) is 5.10 Å². The molecule has 0 bridgehead atoms. The number of rotatable bonds is 4. The zero-order chi connectivity index (χ0) is 17.3. The van der Waals surface area contributed by atoms with Crippen LogP contribution >= 0.6 is 0 Å². The normalized spacial score (nSPS) is 10.8. The van der Waals surface area contributed by atoms with Gasteiger partial charge in [-0.3, -0.25) is 14.2 Å². The van der Waals surface area contributed by atoms with Crippen molar-refractivity contribution in [3.63, 3.8) is 0 Å². The molecule has 124 valence electrons. The van der Waals surface area contributed by atoms with Crippen molar-refractivity contribution in [3.05, 3.63) is 47.7 Å². The van der Waals surface area contributed by atoms with Crippen LogP contribution in [0, 0.1) is 19.7 Å². The predicted octanol–water partition coefficient (Wildman–Crippen LogP) is 2.07. The maximum atomic E-state index is 13.1. The number of halogens is 1. The van der Waals surface area contributed by atoms with Crippen molar-refractivity contribution < 1.29 is 9.18 Å². The van der Waals surface area contributed by atoms with Crippen molar-refractivity contribution in [1.29, 1.82) is 0 Å². The minimum absolute atomic E-state index is 0.0600. The summed E-state index contributed by atoms with van der Waals surface area (Å²) < 4.78 is 16.2. The Kier molecular flexibility index (Phi) is 4.11. The summed E-state index contributed by atoms with van der Waals surface area (Å²) in [4.78, 5) is 12.1. The molecular weight excluding hydrogens is 311 g/mol. The quantitative estimate of drug-likeness (QED) is 0.795. The molecule has 8 heteroatoms. The number of nitrogens with one attached hydrogen (secondary N) is 1. The van der Waals surface area contributed by atoms with E-state index < -0.39 is 0 Å². The standard InChI is InChI=1S/C16H17FN6O/c1-10-16(12-4-6-13(17)7-5-12)11(2)23(20-10)9-15(24)18-14-8-22(3)21-19-14/h4-8H,9H2,1-3H3,(H,18,24). The molecule has 0 spiro atoms. The zero-order valence-corrected chi connectivity index (χ0v) is 13.6. The Labute approximate surface area is 138 Å². The lowest BCUT2D eigenvalue weighted by Gasteiger charge is -2.06. The van der Waals surface area contributed by atoms with Crippen LogP contribution in [-0.2, 0) is 18.4 Å². The van der Waals surface area contributed by atoms with Crippen molar-refractivity contribution >= 4 is 11.7 Å². The van der Waals surface area contributed by atoms with E-state index in [0.717, 1.165) is 22.5 Å². The Hall–Kier alpha value is -3.03. The summed E-state index contributed by atoms with van der Waals surface area (Å²) in [5, 5.41) is 14.7. The molecule has 0 aliphatic rings. The monoisotopic (exact) mass is 328 g/mol. The van der Waals surface area contributed by atoms with Crippen molar-refractivity contribution in [1.82, 2.24) is 24.8 Å². The number of aryl methyl sites for hydroxylation is 2. The molecular formula is C16H17FN6O. The van der Waals surface area contributed by atoms with E-state index in [4.69, 9.17) is 0 Å². The van der Waals surface area contributed by atoms with Gasteiger partial charge < -0.3 is 5.32 Å². The minimum atomic E-state index is -0.287. The van der Waals surface area contributed by atoms with Gasteiger partial charge in [0.1, 0.15) is 12.4 Å². The van der Waals surface area contributed by atoms with Gasteiger partial charge in [0.15, 0.2) is 5.82 Å². The number of carbonyl (C=O) groups excluding carboxylic acids is 1. The Bertz CT molecular complexity index is 881. The largest absolute Gasteiger partial charge is 0.306 e. The SMILES string of the molecule is Cc1nn(CC(=O)Nc2cn(C)nn2)c(C)c1-c1ccc(F)cc1. The molecule has 0 aliphatic carbocycles. The highest BCUT2D eigenvalue weighted by molar-refractivity contribution is 5.89. The van der Waals surface area contributed by atoms with Gasteiger partial charge in [0.25, 0.3) is 0 Å². The van der Waals surface area contributed by atoms with E-state index >= 15 is 0 Å². The fourth-order valence-corrected chi connectivity index (χ4v) is 2.61. The third kappa shape index (κ3) is 3.17. The number of nitrogens with zero attached hydrogens (tertiary/aromatic N) is 5. The van der Waals surface area contributed by atoms with Crippen molar-refractivity contribution in [2.45, 2.75) is 20.4 Å². The van der Waals surface area contributed by atoms with Crippen LogP contribution in [0.3, 0.4) is 0 Å². The molecule has 0 fully saturated rings. The summed E-state index contributed by atoms with van der Waals surface area (Å²) in [6.45, 7) is 3.81. The Morgan fingerprint density at radius 1 is 1.25 bits per heavy atom. The van der Waals surface area contributed by atoms with Crippen LogP contribution in [0.5, 0.6) is 0 Å². The molecule has 0 aliphatic heterocycles. The number of amides is 1. The van der Waals surface area contributed by atoms with Crippen molar-refractivity contribution in [2.24, 2.45) is 7.05 Å².